The maximum absolute atomic E-state index is 5.22. The molecule has 1 aliphatic carbocycles. The van der Waals surface area contributed by atoms with E-state index in [1.54, 1.807) is 7.11 Å². The molecule has 0 spiro atoms. The van der Waals surface area contributed by atoms with Crippen molar-refractivity contribution in [3.8, 4) is 5.75 Å². The maximum Gasteiger partial charge on any atom is 0.122 e. The largest absolute Gasteiger partial charge is 0.497 e. The minimum Gasteiger partial charge on any atom is -0.497 e. The Kier molecular flexibility index (Phi) is 2.65. The molecule has 0 aliphatic heterocycles. The van der Waals surface area contributed by atoms with Crippen molar-refractivity contribution in [2.24, 2.45) is 0 Å². The van der Waals surface area contributed by atoms with Crippen LogP contribution < -0.4 is 10.1 Å². The van der Waals surface area contributed by atoms with Crippen LogP contribution in [-0.2, 0) is 6.54 Å². The molecular formula is C12H18N2O. The number of nitrogens with zero attached hydrogens (tertiary/aromatic N) is 1. The van der Waals surface area contributed by atoms with Crippen molar-refractivity contribution in [2.45, 2.75) is 38.8 Å². The van der Waals surface area contributed by atoms with Crippen molar-refractivity contribution < 1.29 is 4.74 Å². The lowest BCUT2D eigenvalue weighted by Gasteiger charge is -2.11. The summed E-state index contributed by atoms with van der Waals surface area (Å²) >= 11 is 0. The van der Waals surface area contributed by atoms with Crippen molar-refractivity contribution in [3.05, 3.63) is 23.5 Å². The van der Waals surface area contributed by atoms with E-state index in [0.717, 1.165) is 23.7 Å². The smallest absolute Gasteiger partial charge is 0.122 e. The summed E-state index contributed by atoms with van der Waals surface area (Å²) in [7, 11) is 1.69. The van der Waals surface area contributed by atoms with Gasteiger partial charge in [0.25, 0.3) is 0 Å². The molecule has 0 saturated heterocycles. The summed E-state index contributed by atoms with van der Waals surface area (Å²) in [5, 5.41) is 3.51. The van der Waals surface area contributed by atoms with Gasteiger partial charge in [0.15, 0.2) is 0 Å². The van der Waals surface area contributed by atoms with Gasteiger partial charge in [-0.2, -0.15) is 0 Å². The normalized spacial score (nSPS) is 17.5. The van der Waals surface area contributed by atoms with E-state index < -0.39 is 0 Å². The van der Waals surface area contributed by atoms with Crippen molar-refractivity contribution in [2.75, 3.05) is 7.11 Å². The molecule has 0 unspecified atom stereocenters. The second-order valence-electron chi connectivity index (χ2n) is 4.55. The van der Waals surface area contributed by atoms with Crippen molar-refractivity contribution in [1.29, 1.82) is 0 Å². The molecule has 2 rings (SSSR count). The molecular weight excluding hydrogens is 188 g/mol. The molecule has 1 heterocycles. The number of rotatable bonds is 4. The molecule has 1 aliphatic rings. The summed E-state index contributed by atoms with van der Waals surface area (Å²) in [6, 6.07) is 3.94. The standard InChI is InChI=1S/C12H18N2O/c1-9-6-11(15-3)7-10(14-9)8-13-12(2)4-5-12/h6-7,13H,4-5,8H2,1-3H3. The Balaban J connectivity index is 2.03. The molecule has 1 N–H and O–H groups in total. The van der Waals surface area contributed by atoms with Gasteiger partial charge in [0.1, 0.15) is 5.75 Å². The van der Waals surface area contributed by atoms with E-state index in [9.17, 15) is 0 Å². The van der Waals surface area contributed by atoms with E-state index >= 15 is 0 Å². The zero-order chi connectivity index (χ0) is 10.9. The van der Waals surface area contributed by atoms with Crippen LogP contribution in [-0.4, -0.2) is 17.6 Å². The molecule has 0 aromatic carbocycles. The molecule has 15 heavy (non-hydrogen) atoms. The van der Waals surface area contributed by atoms with Gasteiger partial charge in [-0.1, -0.05) is 0 Å². The number of ether oxygens (including phenoxy) is 1. The average Bonchev–Trinajstić information content (AvgIpc) is 2.94. The van der Waals surface area contributed by atoms with E-state index in [1.807, 2.05) is 19.1 Å². The molecule has 1 fully saturated rings. The highest BCUT2D eigenvalue weighted by Gasteiger charge is 2.36. The molecule has 0 amide bonds. The fraction of sp³-hybridized carbons (Fsp3) is 0.583. The summed E-state index contributed by atoms with van der Waals surface area (Å²) in [5.41, 5.74) is 2.42. The molecule has 0 radical (unpaired) electrons. The Bertz CT molecular complexity index is 359. The van der Waals surface area contributed by atoms with E-state index in [4.69, 9.17) is 4.74 Å². The second-order valence-corrected chi connectivity index (χ2v) is 4.55. The first kappa shape index (κ1) is 10.4. The van der Waals surface area contributed by atoms with Crippen LogP contribution in [0.2, 0.25) is 0 Å². The third-order valence-electron chi connectivity index (χ3n) is 2.91. The van der Waals surface area contributed by atoms with Crippen molar-refractivity contribution in [3.63, 3.8) is 0 Å². The monoisotopic (exact) mass is 206 g/mol. The predicted molar refractivity (Wildman–Crippen MR) is 60.0 cm³/mol. The Morgan fingerprint density at radius 3 is 2.80 bits per heavy atom. The quantitative estimate of drug-likeness (QED) is 0.818. The van der Waals surface area contributed by atoms with Crippen LogP contribution in [0.5, 0.6) is 5.75 Å². The fourth-order valence-corrected chi connectivity index (χ4v) is 1.58. The van der Waals surface area contributed by atoms with E-state index in [1.165, 1.54) is 12.8 Å². The lowest BCUT2D eigenvalue weighted by atomic mass is 10.2. The summed E-state index contributed by atoms with van der Waals surface area (Å²) in [6.45, 7) is 5.07. The lowest BCUT2D eigenvalue weighted by molar-refractivity contribution is 0.412. The van der Waals surface area contributed by atoms with Crippen LogP contribution >= 0.6 is 0 Å². The molecule has 3 nitrogen and oxygen atoms in total. The predicted octanol–water partition coefficient (Wildman–Crippen LogP) is 2.04. The van der Waals surface area contributed by atoms with E-state index in [-0.39, 0.29) is 0 Å². The van der Waals surface area contributed by atoms with Gasteiger partial charge < -0.3 is 10.1 Å². The SMILES string of the molecule is COc1cc(C)nc(CNC2(C)CC2)c1. The highest BCUT2D eigenvalue weighted by atomic mass is 16.5. The molecule has 3 heteroatoms. The zero-order valence-corrected chi connectivity index (χ0v) is 9.63. The van der Waals surface area contributed by atoms with Crippen molar-refractivity contribution >= 4 is 0 Å². The van der Waals surface area contributed by atoms with Gasteiger partial charge in [0.2, 0.25) is 0 Å². The number of pyridine rings is 1. The van der Waals surface area contributed by atoms with Gasteiger partial charge in [0, 0.05) is 29.9 Å². The minimum atomic E-state index is 0.360. The Morgan fingerprint density at radius 2 is 2.20 bits per heavy atom. The summed E-state index contributed by atoms with van der Waals surface area (Å²) in [4.78, 5) is 4.47. The first-order valence-corrected chi connectivity index (χ1v) is 5.38. The summed E-state index contributed by atoms with van der Waals surface area (Å²) in [5.74, 6) is 0.889. The highest BCUT2D eigenvalue weighted by Crippen LogP contribution is 2.34. The Hall–Kier alpha value is -1.09. The molecule has 1 aromatic heterocycles. The summed E-state index contributed by atoms with van der Waals surface area (Å²) in [6.07, 6.45) is 2.55. The molecule has 0 atom stereocenters. The first-order chi connectivity index (χ1) is 7.11. The van der Waals surface area contributed by atoms with Crippen LogP contribution in [0.15, 0.2) is 12.1 Å². The van der Waals surface area contributed by atoms with Crippen LogP contribution in [0, 0.1) is 6.92 Å². The molecule has 1 aromatic rings. The van der Waals surface area contributed by atoms with E-state index in [0.29, 0.717) is 5.54 Å². The number of nitrogens with one attached hydrogen (secondary N) is 1. The summed E-state index contributed by atoms with van der Waals surface area (Å²) < 4.78 is 5.22. The highest BCUT2D eigenvalue weighted by molar-refractivity contribution is 5.26. The second kappa shape index (κ2) is 3.81. The van der Waals surface area contributed by atoms with Gasteiger partial charge in [0.05, 0.1) is 12.8 Å². The molecule has 1 saturated carbocycles. The van der Waals surface area contributed by atoms with Crippen LogP contribution in [0.4, 0.5) is 0 Å². The van der Waals surface area contributed by atoms with Crippen LogP contribution in [0.25, 0.3) is 0 Å². The number of hydrogen-bond donors (Lipinski definition) is 1. The van der Waals surface area contributed by atoms with Gasteiger partial charge in [-0.05, 0) is 26.7 Å². The Labute approximate surface area is 90.9 Å². The average molecular weight is 206 g/mol. The Morgan fingerprint density at radius 1 is 1.47 bits per heavy atom. The van der Waals surface area contributed by atoms with Gasteiger partial charge in [-0.25, -0.2) is 0 Å². The topological polar surface area (TPSA) is 34.1 Å². The lowest BCUT2D eigenvalue weighted by Crippen LogP contribution is -2.27. The van der Waals surface area contributed by atoms with Crippen LogP contribution in [0.1, 0.15) is 31.2 Å². The third-order valence-corrected chi connectivity index (χ3v) is 2.91. The number of hydrogen-bond acceptors (Lipinski definition) is 3. The van der Waals surface area contributed by atoms with Crippen LogP contribution in [0.3, 0.4) is 0 Å². The minimum absolute atomic E-state index is 0.360. The van der Waals surface area contributed by atoms with E-state index in [2.05, 4.69) is 17.2 Å². The number of aromatic nitrogens is 1. The van der Waals surface area contributed by atoms with Gasteiger partial charge >= 0.3 is 0 Å². The fourth-order valence-electron chi connectivity index (χ4n) is 1.58. The molecule has 82 valence electrons. The maximum atomic E-state index is 5.22. The van der Waals surface area contributed by atoms with Crippen molar-refractivity contribution in [1.82, 2.24) is 10.3 Å². The van der Waals surface area contributed by atoms with Gasteiger partial charge in [-0.3, -0.25) is 4.98 Å². The number of aryl methyl sites for hydroxylation is 1. The number of methoxy groups -OCH3 is 1. The zero-order valence-electron chi connectivity index (χ0n) is 9.63. The molecule has 0 bridgehead atoms. The first-order valence-electron chi connectivity index (χ1n) is 5.38. The van der Waals surface area contributed by atoms with Gasteiger partial charge in [-0.15, -0.1) is 0 Å². The third kappa shape index (κ3) is 2.69.